The number of aryl methyl sites for hydroxylation is 1. The fraction of sp³-hybridized carbons (Fsp3) is 0.188. The Balaban J connectivity index is 2.08. The van der Waals surface area contributed by atoms with E-state index in [-0.39, 0.29) is 0 Å². The summed E-state index contributed by atoms with van der Waals surface area (Å²) in [7, 11) is 0. The molecule has 0 aliphatic heterocycles. The summed E-state index contributed by atoms with van der Waals surface area (Å²) in [6, 6.07) is 9.52. The average Bonchev–Trinajstić information content (AvgIpc) is 2.90. The molecule has 0 spiro atoms. The van der Waals surface area contributed by atoms with Gasteiger partial charge in [0.1, 0.15) is 0 Å². The number of hydrogen-bond donors (Lipinski definition) is 1. The van der Waals surface area contributed by atoms with Gasteiger partial charge in [0.25, 0.3) is 0 Å². The third-order valence-corrected chi connectivity index (χ3v) is 3.25. The van der Waals surface area contributed by atoms with E-state index in [0.29, 0.717) is 12.1 Å². The zero-order valence-corrected chi connectivity index (χ0v) is 11.6. The maximum absolute atomic E-state index is 11.8. The van der Waals surface area contributed by atoms with E-state index in [1.165, 1.54) is 0 Å². The average molecular weight is 285 g/mol. The quantitative estimate of drug-likeness (QED) is 0.501. The number of aromatic nitrogens is 1. The maximum Gasteiger partial charge on any atom is 0.372 e. The van der Waals surface area contributed by atoms with E-state index in [1.807, 2.05) is 35.8 Å². The minimum Gasteiger partial charge on any atom is -0.475 e. The number of nitrogens with zero attached hydrogens (tertiary/aromatic N) is 1. The first-order chi connectivity index (χ1) is 9.97. The van der Waals surface area contributed by atoms with Crippen molar-refractivity contribution in [3.05, 3.63) is 59.4 Å². The van der Waals surface area contributed by atoms with Crippen molar-refractivity contribution in [1.82, 2.24) is 4.57 Å². The topological polar surface area (TPSA) is 76.4 Å². The van der Waals surface area contributed by atoms with Crippen LogP contribution in [0.2, 0.25) is 0 Å². The molecule has 5 heteroatoms. The van der Waals surface area contributed by atoms with Crippen LogP contribution in [0.25, 0.3) is 0 Å². The van der Waals surface area contributed by atoms with E-state index in [0.717, 1.165) is 11.1 Å². The van der Waals surface area contributed by atoms with Gasteiger partial charge >= 0.3 is 5.97 Å². The van der Waals surface area contributed by atoms with Crippen LogP contribution in [-0.4, -0.2) is 27.2 Å². The number of carboxylic acid groups (broad SMARTS) is 1. The Hall–Kier alpha value is -2.69. The van der Waals surface area contributed by atoms with Gasteiger partial charge in [0, 0.05) is 24.5 Å². The first kappa shape index (κ1) is 14.7. The first-order valence-corrected chi connectivity index (χ1v) is 6.47. The highest BCUT2D eigenvalue weighted by Gasteiger charge is 2.18. The molecule has 0 fully saturated rings. The van der Waals surface area contributed by atoms with Gasteiger partial charge in [-0.1, -0.05) is 24.3 Å². The smallest absolute Gasteiger partial charge is 0.372 e. The van der Waals surface area contributed by atoms with Crippen molar-refractivity contribution in [1.29, 1.82) is 0 Å². The van der Waals surface area contributed by atoms with E-state index >= 15 is 0 Å². The maximum atomic E-state index is 11.8. The van der Waals surface area contributed by atoms with Crippen LogP contribution in [-0.2, 0) is 16.1 Å². The van der Waals surface area contributed by atoms with Gasteiger partial charge in [0.05, 0.1) is 6.42 Å². The lowest BCUT2D eigenvalue weighted by Crippen LogP contribution is -2.16. The Morgan fingerprint density at radius 3 is 2.52 bits per heavy atom. The highest BCUT2D eigenvalue weighted by Crippen LogP contribution is 2.12. The third kappa shape index (κ3) is 3.66. The summed E-state index contributed by atoms with van der Waals surface area (Å²) in [5, 5.41) is 8.50. The zero-order valence-electron chi connectivity index (χ0n) is 11.6. The molecule has 1 N–H and O–H groups in total. The van der Waals surface area contributed by atoms with Gasteiger partial charge in [-0.05, 0) is 24.1 Å². The third-order valence-electron chi connectivity index (χ3n) is 3.25. The van der Waals surface area contributed by atoms with Crippen molar-refractivity contribution in [3.63, 3.8) is 0 Å². The molecule has 0 radical (unpaired) electrons. The number of ketones is 2. The van der Waals surface area contributed by atoms with Crippen molar-refractivity contribution in [3.8, 4) is 0 Å². The van der Waals surface area contributed by atoms with Gasteiger partial charge in [-0.25, -0.2) is 4.79 Å². The molecule has 1 heterocycles. The number of carbonyl (C=O) groups is 3. The Morgan fingerprint density at radius 2 is 1.86 bits per heavy atom. The largest absolute Gasteiger partial charge is 0.475 e. The van der Waals surface area contributed by atoms with Crippen molar-refractivity contribution < 1.29 is 19.5 Å². The van der Waals surface area contributed by atoms with Gasteiger partial charge in [0.15, 0.2) is 5.78 Å². The lowest BCUT2D eigenvalue weighted by molar-refractivity contribution is -0.148. The lowest BCUT2D eigenvalue weighted by Gasteiger charge is -2.06. The van der Waals surface area contributed by atoms with Gasteiger partial charge in [-0.2, -0.15) is 0 Å². The fourth-order valence-electron chi connectivity index (χ4n) is 2.01. The number of carboxylic acids is 1. The molecule has 0 saturated heterocycles. The van der Waals surface area contributed by atoms with Crippen molar-refractivity contribution in [2.75, 3.05) is 0 Å². The highest BCUT2D eigenvalue weighted by atomic mass is 16.4. The minimum atomic E-state index is -1.58. The summed E-state index contributed by atoms with van der Waals surface area (Å²) in [6.45, 7) is 2.63. The Bertz CT molecular complexity index is 700. The van der Waals surface area contributed by atoms with E-state index in [9.17, 15) is 14.4 Å². The summed E-state index contributed by atoms with van der Waals surface area (Å²) in [5.41, 5.74) is 2.63. The Labute approximate surface area is 121 Å². The lowest BCUT2D eigenvalue weighted by atomic mass is 10.1. The highest BCUT2D eigenvalue weighted by molar-refractivity contribution is 6.37. The molecule has 5 nitrogen and oxygen atoms in total. The number of benzene rings is 1. The van der Waals surface area contributed by atoms with Crippen molar-refractivity contribution >= 4 is 17.5 Å². The van der Waals surface area contributed by atoms with Crippen LogP contribution in [0, 0.1) is 6.92 Å². The van der Waals surface area contributed by atoms with Gasteiger partial charge in [-0.15, -0.1) is 0 Å². The molecule has 108 valence electrons. The molecule has 0 amide bonds. The Kier molecular flexibility index (Phi) is 4.33. The number of aliphatic carboxylic acids is 1. The second-order valence-corrected chi connectivity index (χ2v) is 4.83. The molecule has 0 bridgehead atoms. The van der Waals surface area contributed by atoms with Crippen LogP contribution in [0.1, 0.15) is 27.9 Å². The first-order valence-electron chi connectivity index (χ1n) is 6.47. The van der Waals surface area contributed by atoms with Gasteiger partial charge < -0.3 is 9.67 Å². The monoisotopic (exact) mass is 285 g/mol. The molecule has 21 heavy (non-hydrogen) atoms. The SMILES string of the molecule is Cc1ccccc1Cn1ccc(C(=O)CC(=O)C(=O)O)c1. The molecule has 2 aromatic rings. The Morgan fingerprint density at radius 1 is 1.14 bits per heavy atom. The fourth-order valence-corrected chi connectivity index (χ4v) is 2.01. The molecule has 1 aromatic heterocycles. The number of hydrogen-bond acceptors (Lipinski definition) is 3. The van der Waals surface area contributed by atoms with Crippen LogP contribution in [0.5, 0.6) is 0 Å². The van der Waals surface area contributed by atoms with E-state index in [4.69, 9.17) is 5.11 Å². The number of rotatable bonds is 6. The second-order valence-electron chi connectivity index (χ2n) is 4.83. The predicted molar refractivity (Wildman–Crippen MR) is 76.3 cm³/mol. The summed E-state index contributed by atoms with van der Waals surface area (Å²) in [6.07, 6.45) is 2.76. The van der Waals surface area contributed by atoms with E-state index in [2.05, 4.69) is 0 Å². The van der Waals surface area contributed by atoms with Crippen LogP contribution in [0.15, 0.2) is 42.7 Å². The van der Waals surface area contributed by atoms with Crippen LogP contribution >= 0.6 is 0 Å². The van der Waals surface area contributed by atoms with Crippen molar-refractivity contribution in [2.24, 2.45) is 0 Å². The van der Waals surface area contributed by atoms with E-state index in [1.54, 1.807) is 18.5 Å². The second kappa shape index (κ2) is 6.17. The summed E-state index contributed by atoms with van der Waals surface area (Å²) in [4.78, 5) is 33.3. The van der Waals surface area contributed by atoms with Crippen LogP contribution in [0.3, 0.4) is 0 Å². The molecule has 0 aliphatic rings. The summed E-state index contributed by atoms with van der Waals surface area (Å²) in [5.74, 6) is -3.15. The van der Waals surface area contributed by atoms with Gasteiger partial charge in [-0.3, -0.25) is 9.59 Å². The number of carbonyl (C=O) groups excluding carboxylic acids is 2. The van der Waals surface area contributed by atoms with Crippen LogP contribution in [0.4, 0.5) is 0 Å². The van der Waals surface area contributed by atoms with Gasteiger partial charge in [0.2, 0.25) is 5.78 Å². The molecule has 0 atom stereocenters. The summed E-state index contributed by atoms with van der Waals surface area (Å²) < 4.78 is 1.83. The number of Topliss-reactive ketones (excluding diaryl/α,β-unsaturated/α-hetero) is 2. The molecule has 0 saturated carbocycles. The van der Waals surface area contributed by atoms with E-state index < -0.39 is 24.0 Å². The van der Waals surface area contributed by atoms with Crippen LogP contribution < -0.4 is 0 Å². The molecule has 0 unspecified atom stereocenters. The molecule has 2 rings (SSSR count). The van der Waals surface area contributed by atoms with Crippen molar-refractivity contribution in [2.45, 2.75) is 19.9 Å². The predicted octanol–water partition coefficient (Wildman–Crippen LogP) is 2.07. The normalized spacial score (nSPS) is 10.3. The minimum absolute atomic E-state index is 0.346. The standard InChI is InChI=1S/C16H15NO4/c1-11-4-2-3-5-12(11)9-17-7-6-13(10-17)14(18)8-15(19)16(20)21/h2-7,10H,8-9H2,1H3,(H,20,21). The molecular formula is C16H15NO4. The molecule has 1 aromatic carbocycles. The zero-order chi connectivity index (χ0) is 15.4. The molecular weight excluding hydrogens is 270 g/mol. The summed E-state index contributed by atoms with van der Waals surface area (Å²) >= 11 is 0. The molecule has 0 aliphatic carbocycles.